The molecule has 32 heavy (non-hydrogen) atoms. The SMILES string of the molecule is O=[N+]([O-])c1cn2c(n1)OC[C@@H](OCc1ccc(/C=C/c3ccc(C(F)(F)F)nc3)cc1)C2. The van der Waals surface area contributed by atoms with Crippen LogP contribution in [0.5, 0.6) is 6.01 Å². The van der Waals surface area contributed by atoms with Crippen molar-refractivity contribution in [3.8, 4) is 6.01 Å². The summed E-state index contributed by atoms with van der Waals surface area (Å²) in [7, 11) is 0. The van der Waals surface area contributed by atoms with Crippen LogP contribution >= 0.6 is 0 Å². The van der Waals surface area contributed by atoms with Gasteiger partial charge in [0, 0.05) is 11.2 Å². The summed E-state index contributed by atoms with van der Waals surface area (Å²) in [6, 6.07) is 9.99. The van der Waals surface area contributed by atoms with E-state index in [0.717, 1.165) is 17.2 Å². The average molecular weight is 446 g/mol. The molecular formula is C21H17F3N4O4. The minimum absolute atomic E-state index is 0.205. The van der Waals surface area contributed by atoms with E-state index in [1.807, 2.05) is 24.3 Å². The van der Waals surface area contributed by atoms with Crippen molar-refractivity contribution in [2.24, 2.45) is 0 Å². The number of imidazole rings is 1. The summed E-state index contributed by atoms with van der Waals surface area (Å²) >= 11 is 0. The van der Waals surface area contributed by atoms with Gasteiger partial charge >= 0.3 is 18.0 Å². The molecule has 1 aromatic carbocycles. The Hall–Kier alpha value is -3.73. The quantitative estimate of drug-likeness (QED) is 0.413. The molecule has 0 aliphatic carbocycles. The molecule has 8 nitrogen and oxygen atoms in total. The minimum atomic E-state index is -4.46. The molecule has 0 spiro atoms. The van der Waals surface area contributed by atoms with Crippen molar-refractivity contribution >= 4 is 18.0 Å². The van der Waals surface area contributed by atoms with Crippen molar-refractivity contribution in [1.82, 2.24) is 14.5 Å². The normalized spacial score (nSPS) is 16.0. The van der Waals surface area contributed by atoms with Crippen molar-refractivity contribution in [2.75, 3.05) is 6.61 Å². The highest BCUT2D eigenvalue weighted by Gasteiger charge is 2.32. The Morgan fingerprint density at radius 3 is 2.56 bits per heavy atom. The molecule has 0 amide bonds. The summed E-state index contributed by atoms with van der Waals surface area (Å²) in [5.41, 5.74) is 1.41. The number of alkyl halides is 3. The average Bonchev–Trinajstić information content (AvgIpc) is 3.20. The molecule has 0 saturated heterocycles. The lowest BCUT2D eigenvalue weighted by atomic mass is 10.1. The van der Waals surface area contributed by atoms with Crippen molar-refractivity contribution in [2.45, 2.75) is 25.4 Å². The molecule has 0 saturated carbocycles. The zero-order valence-electron chi connectivity index (χ0n) is 16.5. The molecular weight excluding hydrogens is 429 g/mol. The first-order valence-corrected chi connectivity index (χ1v) is 9.54. The fraction of sp³-hybridized carbons (Fsp3) is 0.238. The van der Waals surface area contributed by atoms with Gasteiger partial charge in [0.2, 0.25) is 0 Å². The van der Waals surface area contributed by atoms with Gasteiger partial charge in [0.1, 0.15) is 24.6 Å². The number of benzene rings is 1. The van der Waals surface area contributed by atoms with Crippen LogP contribution in [-0.4, -0.2) is 32.2 Å². The molecule has 1 aliphatic heterocycles. The topological polar surface area (TPSA) is 92.3 Å². The first kappa shape index (κ1) is 21.5. The number of aromatic nitrogens is 3. The lowest BCUT2D eigenvalue weighted by molar-refractivity contribution is -0.389. The second kappa shape index (κ2) is 8.79. The van der Waals surface area contributed by atoms with Crippen LogP contribution in [-0.2, 0) is 24.1 Å². The van der Waals surface area contributed by atoms with E-state index in [9.17, 15) is 23.3 Å². The largest absolute Gasteiger partial charge is 0.443 e. The second-order valence-electron chi connectivity index (χ2n) is 7.08. The summed E-state index contributed by atoms with van der Waals surface area (Å²) in [5.74, 6) is -0.267. The summed E-state index contributed by atoms with van der Waals surface area (Å²) in [6.45, 7) is 0.973. The maximum absolute atomic E-state index is 12.6. The molecule has 11 heteroatoms. The molecule has 0 bridgehead atoms. The van der Waals surface area contributed by atoms with Crippen LogP contribution in [0.2, 0.25) is 0 Å². The van der Waals surface area contributed by atoms with Crippen molar-refractivity contribution in [3.63, 3.8) is 0 Å². The number of ether oxygens (including phenoxy) is 2. The molecule has 0 unspecified atom stereocenters. The van der Waals surface area contributed by atoms with Crippen LogP contribution < -0.4 is 4.74 Å². The number of rotatable bonds is 6. The number of nitrogens with zero attached hydrogens (tertiary/aromatic N) is 4. The van der Waals surface area contributed by atoms with Crippen LogP contribution in [0.15, 0.2) is 48.8 Å². The zero-order valence-corrected chi connectivity index (χ0v) is 16.5. The Bertz CT molecular complexity index is 1130. The van der Waals surface area contributed by atoms with Crippen LogP contribution in [0.4, 0.5) is 19.0 Å². The van der Waals surface area contributed by atoms with Crippen molar-refractivity contribution in [3.05, 3.63) is 81.3 Å². The van der Waals surface area contributed by atoms with Crippen molar-refractivity contribution < 1.29 is 27.6 Å². The van der Waals surface area contributed by atoms with Gasteiger partial charge < -0.3 is 19.6 Å². The molecule has 3 heterocycles. The highest BCUT2D eigenvalue weighted by atomic mass is 19.4. The van der Waals surface area contributed by atoms with E-state index in [-0.39, 0.29) is 24.5 Å². The Balaban J connectivity index is 1.30. The third-order valence-electron chi connectivity index (χ3n) is 4.72. The monoisotopic (exact) mass is 446 g/mol. The zero-order chi connectivity index (χ0) is 22.7. The van der Waals surface area contributed by atoms with Gasteiger partial charge in [0.25, 0.3) is 0 Å². The number of nitro groups is 1. The van der Waals surface area contributed by atoms with E-state index in [1.54, 1.807) is 16.7 Å². The van der Waals surface area contributed by atoms with Crippen molar-refractivity contribution in [1.29, 1.82) is 0 Å². The Kier molecular flexibility index (Phi) is 5.91. The molecule has 0 N–H and O–H groups in total. The van der Waals surface area contributed by atoms with E-state index in [4.69, 9.17) is 9.47 Å². The first-order valence-electron chi connectivity index (χ1n) is 9.54. The summed E-state index contributed by atoms with van der Waals surface area (Å²) < 4.78 is 50.5. The van der Waals surface area contributed by atoms with E-state index < -0.39 is 16.8 Å². The Morgan fingerprint density at radius 1 is 1.19 bits per heavy atom. The third-order valence-corrected chi connectivity index (χ3v) is 4.72. The molecule has 3 aromatic rings. The molecule has 0 radical (unpaired) electrons. The second-order valence-corrected chi connectivity index (χ2v) is 7.08. The molecule has 0 fully saturated rings. The molecule has 1 atom stereocenters. The van der Waals surface area contributed by atoms with Gasteiger partial charge in [-0.1, -0.05) is 42.5 Å². The van der Waals surface area contributed by atoms with E-state index >= 15 is 0 Å². The smallest absolute Gasteiger partial charge is 0.433 e. The highest BCUT2D eigenvalue weighted by Crippen LogP contribution is 2.27. The summed E-state index contributed by atoms with van der Waals surface area (Å²) in [5, 5.41) is 10.8. The summed E-state index contributed by atoms with van der Waals surface area (Å²) in [4.78, 5) is 17.5. The van der Waals surface area contributed by atoms with Gasteiger partial charge in [-0.15, -0.1) is 0 Å². The first-order chi connectivity index (χ1) is 15.3. The summed E-state index contributed by atoms with van der Waals surface area (Å²) in [6.07, 6.45) is 1.22. The van der Waals surface area contributed by atoms with Gasteiger partial charge in [-0.25, -0.2) is 0 Å². The van der Waals surface area contributed by atoms with Crippen LogP contribution in [0.1, 0.15) is 22.4 Å². The maximum atomic E-state index is 12.6. The fourth-order valence-electron chi connectivity index (χ4n) is 3.06. The number of hydrogen-bond acceptors (Lipinski definition) is 6. The number of pyridine rings is 1. The third kappa shape index (κ3) is 5.11. The van der Waals surface area contributed by atoms with Crippen LogP contribution in [0.3, 0.4) is 0 Å². The van der Waals surface area contributed by atoms with Crippen LogP contribution in [0.25, 0.3) is 12.2 Å². The molecule has 4 rings (SSSR count). The lowest BCUT2D eigenvalue weighted by Gasteiger charge is -2.22. The molecule has 2 aromatic heterocycles. The highest BCUT2D eigenvalue weighted by molar-refractivity contribution is 5.69. The maximum Gasteiger partial charge on any atom is 0.433 e. The number of fused-ring (bicyclic) bond motifs is 1. The Morgan fingerprint density at radius 2 is 1.91 bits per heavy atom. The van der Waals surface area contributed by atoms with Gasteiger partial charge in [-0.3, -0.25) is 9.55 Å². The standard InChI is InChI=1S/C21H17F3N4O4/c22-21(23,24)18-8-7-15(9-25-18)4-1-14-2-5-16(6-3-14)12-31-17-10-27-11-19(28(29)30)26-20(27)32-13-17/h1-9,11,17H,10,12-13H2/b4-1+/t17-/m0/s1. The molecule has 1 aliphatic rings. The molecule has 166 valence electrons. The van der Waals surface area contributed by atoms with E-state index in [2.05, 4.69) is 9.97 Å². The lowest BCUT2D eigenvalue weighted by Crippen LogP contribution is -2.32. The van der Waals surface area contributed by atoms with Gasteiger partial charge in [0.05, 0.1) is 13.2 Å². The van der Waals surface area contributed by atoms with Gasteiger partial charge in [-0.05, 0) is 27.7 Å². The van der Waals surface area contributed by atoms with Crippen LogP contribution in [0, 0.1) is 10.1 Å². The van der Waals surface area contributed by atoms with E-state index in [1.165, 1.54) is 18.5 Å². The van der Waals surface area contributed by atoms with E-state index in [0.29, 0.717) is 18.7 Å². The number of halogens is 3. The minimum Gasteiger partial charge on any atom is -0.443 e. The fourth-order valence-corrected chi connectivity index (χ4v) is 3.06. The predicted molar refractivity (Wildman–Crippen MR) is 108 cm³/mol. The van der Waals surface area contributed by atoms with Gasteiger partial charge in [0.15, 0.2) is 0 Å². The van der Waals surface area contributed by atoms with Gasteiger partial charge in [-0.2, -0.15) is 13.2 Å². The predicted octanol–water partition coefficient (Wildman–Crippen LogP) is 4.35. The number of hydrogen-bond donors (Lipinski definition) is 0. The Labute approximate surface area is 180 Å².